The maximum absolute atomic E-state index is 12.3. The lowest BCUT2D eigenvalue weighted by Gasteiger charge is -2.36. The van der Waals surface area contributed by atoms with Gasteiger partial charge in [0.15, 0.2) is 0 Å². The van der Waals surface area contributed by atoms with Gasteiger partial charge in [0, 0.05) is 19.0 Å². The summed E-state index contributed by atoms with van der Waals surface area (Å²) in [5.41, 5.74) is 0. The first-order valence-electron chi connectivity index (χ1n) is 7.81. The molecule has 2 atom stereocenters. The van der Waals surface area contributed by atoms with Crippen molar-refractivity contribution in [2.75, 3.05) is 19.6 Å². The molecule has 19 heavy (non-hydrogen) atoms. The number of halogens is 1. The first-order valence-corrected chi connectivity index (χ1v) is 7.81. The molecule has 0 aromatic carbocycles. The first-order chi connectivity index (χ1) is 8.81. The summed E-state index contributed by atoms with van der Waals surface area (Å²) in [5.74, 6) is 1.16. The molecule has 0 aliphatic carbocycles. The molecule has 0 spiro atoms. The summed E-state index contributed by atoms with van der Waals surface area (Å²) < 4.78 is 0. The second-order valence-corrected chi connectivity index (χ2v) is 5.92. The van der Waals surface area contributed by atoms with Crippen LogP contribution >= 0.6 is 12.4 Å². The van der Waals surface area contributed by atoms with Crippen molar-refractivity contribution in [2.45, 2.75) is 64.3 Å². The topological polar surface area (TPSA) is 32.3 Å². The molecular formula is C15H29ClN2O. The number of rotatable bonds is 5. The lowest BCUT2D eigenvalue weighted by Crippen LogP contribution is -2.43. The normalized spacial score (nSPS) is 27.1. The number of nitrogens with one attached hydrogen (secondary N) is 1. The minimum absolute atomic E-state index is 0. The number of carbonyl (C=O) groups excluding carboxylic acids is 1. The zero-order valence-electron chi connectivity index (χ0n) is 12.2. The summed E-state index contributed by atoms with van der Waals surface area (Å²) in [6.07, 6.45) is 9.24. The third kappa shape index (κ3) is 4.96. The van der Waals surface area contributed by atoms with Crippen LogP contribution in [0.15, 0.2) is 0 Å². The maximum Gasteiger partial charge on any atom is 0.222 e. The zero-order chi connectivity index (χ0) is 12.8. The van der Waals surface area contributed by atoms with Crippen LogP contribution in [0.4, 0.5) is 0 Å². The van der Waals surface area contributed by atoms with Gasteiger partial charge in [0.25, 0.3) is 0 Å². The van der Waals surface area contributed by atoms with Crippen LogP contribution < -0.4 is 5.32 Å². The number of carbonyl (C=O) groups is 1. The molecule has 2 heterocycles. The molecule has 2 aliphatic heterocycles. The molecule has 0 aromatic rings. The van der Waals surface area contributed by atoms with Crippen molar-refractivity contribution in [2.24, 2.45) is 5.92 Å². The fourth-order valence-electron chi connectivity index (χ4n) is 3.39. The van der Waals surface area contributed by atoms with E-state index in [9.17, 15) is 4.79 Å². The van der Waals surface area contributed by atoms with Crippen LogP contribution in [0.1, 0.15) is 58.3 Å². The highest BCUT2D eigenvalue weighted by Gasteiger charge is 2.26. The summed E-state index contributed by atoms with van der Waals surface area (Å²) in [6, 6.07) is 0.540. The lowest BCUT2D eigenvalue weighted by atomic mass is 9.96. The third-order valence-corrected chi connectivity index (χ3v) is 4.50. The molecule has 0 bridgehead atoms. The molecule has 2 unspecified atom stereocenters. The van der Waals surface area contributed by atoms with E-state index in [1.165, 1.54) is 38.5 Å². The van der Waals surface area contributed by atoms with Crippen LogP contribution in [-0.4, -0.2) is 36.5 Å². The van der Waals surface area contributed by atoms with Crippen molar-refractivity contribution in [1.82, 2.24) is 10.2 Å². The maximum atomic E-state index is 12.3. The number of nitrogens with zero attached hydrogens (tertiary/aromatic N) is 1. The highest BCUT2D eigenvalue weighted by molar-refractivity contribution is 5.85. The van der Waals surface area contributed by atoms with Gasteiger partial charge in [-0.3, -0.25) is 4.79 Å². The van der Waals surface area contributed by atoms with E-state index in [2.05, 4.69) is 17.1 Å². The van der Waals surface area contributed by atoms with E-state index >= 15 is 0 Å². The highest BCUT2D eigenvalue weighted by Crippen LogP contribution is 2.23. The van der Waals surface area contributed by atoms with Gasteiger partial charge in [-0.15, -0.1) is 12.4 Å². The largest absolute Gasteiger partial charge is 0.340 e. The molecule has 3 nitrogen and oxygen atoms in total. The summed E-state index contributed by atoms with van der Waals surface area (Å²) in [7, 11) is 0. The fourth-order valence-corrected chi connectivity index (χ4v) is 3.39. The number of likely N-dealkylation sites (tertiary alicyclic amines) is 1. The SMILES string of the molecule is CCCC1CCCCN1C(=O)CCC1CCNC1.Cl. The Morgan fingerprint density at radius 1 is 1.26 bits per heavy atom. The van der Waals surface area contributed by atoms with Crippen molar-refractivity contribution < 1.29 is 4.79 Å². The van der Waals surface area contributed by atoms with Crippen LogP contribution in [0.2, 0.25) is 0 Å². The second-order valence-electron chi connectivity index (χ2n) is 5.92. The molecule has 0 aromatic heterocycles. The van der Waals surface area contributed by atoms with Crippen LogP contribution in [0.3, 0.4) is 0 Å². The van der Waals surface area contributed by atoms with E-state index in [0.717, 1.165) is 38.4 Å². The van der Waals surface area contributed by atoms with Crippen LogP contribution in [0.25, 0.3) is 0 Å². The van der Waals surface area contributed by atoms with Crippen LogP contribution in [0.5, 0.6) is 0 Å². The van der Waals surface area contributed by atoms with Gasteiger partial charge in [0.2, 0.25) is 5.91 Å². The predicted octanol–water partition coefficient (Wildman–Crippen LogP) is 2.98. The molecule has 0 radical (unpaired) electrons. The Morgan fingerprint density at radius 3 is 2.79 bits per heavy atom. The molecule has 2 saturated heterocycles. The third-order valence-electron chi connectivity index (χ3n) is 4.50. The van der Waals surface area contributed by atoms with E-state index in [-0.39, 0.29) is 12.4 Å². The van der Waals surface area contributed by atoms with E-state index in [1.807, 2.05) is 0 Å². The van der Waals surface area contributed by atoms with Crippen molar-refractivity contribution in [3.63, 3.8) is 0 Å². The van der Waals surface area contributed by atoms with E-state index < -0.39 is 0 Å². The van der Waals surface area contributed by atoms with Gasteiger partial charge in [-0.25, -0.2) is 0 Å². The number of piperidine rings is 1. The molecule has 2 rings (SSSR count). The molecule has 0 saturated carbocycles. The van der Waals surface area contributed by atoms with Crippen LogP contribution in [0, 0.1) is 5.92 Å². The summed E-state index contributed by atoms with van der Waals surface area (Å²) in [6.45, 7) is 5.49. The molecule has 4 heteroatoms. The number of hydrogen-bond acceptors (Lipinski definition) is 2. The highest BCUT2D eigenvalue weighted by atomic mass is 35.5. The molecular weight excluding hydrogens is 260 g/mol. The minimum atomic E-state index is 0. The lowest BCUT2D eigenvalue weighted by molar-refractivity contribution is -0.135. The average Bonchev–Trinajstić information content (AvgIpc) is 2.90. The van der Waals surface area contributed by atoms with Crippen molar-refractivity contribution in [3.8, 4) is 0 Å². The molecule has 1 amide bonds. The van der Waals surface area contributed by atoms with Gasteiger partial charge < -0.3 is 10.2 Å². The first kappa shape index (κ1) is 16.8. The Morgan fingerprint density at radius 2 is 2.11 bits per heavy atom. The second kappa shape index (κ2) is 8.80. The fraction of sp³-hybridized carbons (Fsp3) is 0.933. The van der Waals surface area contributed by atoms with E-state index in [1.54, 1.807) is 0 Å². The van der Waals surface area contributed by atoms with Crippen LogP contribution in [-0.2, 0) is 4.79 Å². The molecule has 2 aliphatic rings. The van der Waals surface area contributed by atoms with E-state index in [4.69, 9.17) is 0 Å². The van der Waals surface area contributed by atoms with Gasteiger partial charge in [-0.2, -0.15) is 0 Å². The summed E-state index contributed by atoms with van der Waals surface area (Å²) in [4.78, 5) is 14.5. The van der Waals surface area contributed by atoms with Gasteiger partial charge in [0.05, 0.1) is 0 Å². The molecule has 1 N–H and O–H groups in total. The Labute approximate surface area is 123 Å². The standard InChI is InChI=1S/C15H28N2O.ClH/c1-2-5-14-6-3-4-11-17(14)15(18)8-7-13-9-10-16-12-13;/h13-14,16H,2-12H2,1H3;1H. The smallest absolute Gasteiger partial charge is 0.222 e. The zero-order valence-corrected chi connectivity index (χ0v) is 13.0. The Balaban J connectivity index is 0.00000180. The molecule has 112 valence electrons. The van der Waals surface area contributed by atoms with E-state index in [0.29, 0.717) is 11.9 Å². The van der Waals surface area contributed by atoms with Gasteiger partial charge in [-0.1, -0.05) is 13.3 Å². The Kier molecular flexibility index (Phi) is 7.77. The Hall–Kier alpha value is -0.280. The van der Waals surface area contributed by atoms with Gasteiger partial charge in [0.1, 0.15) is 0 Å². The number of amides is 1. The predicted molar refractivity (Wildman–Crippen MR) is 81.7 cm³/mol. The van der Waals surface area contributed by atoms with Gasteiger partial charge >= 0.3 is 0 Å². The van der Waals surface area contributed by atoms with Crippen molar-refractivity contribution in [3.05, 3.63) is 0 Å². The van der Waals surface area contributed by atoms with Gasteiger partial charge in [-0.05, 0) is 57.5 Å². The van der Waals surface area contributed by atoms with Crippen molar-refractivity contribution >= 4 is 18.3 Å². The summed E-state index contributed by atoms with van der Waals surface area (Å²) >= 11 is 0. The quantitative estimate of drug-likeness (QED) is 0.843. The summed E-state index contributed by atoms with van der Waals surface area (Å²) in [5, 5.41) is 3.38. The average molecular weight is 289 g/mol. The molecule has 2 fully saturated rings. The minimum Gasteiger partial charge on any atom is -0.340 e. The number of hydrogen-bond donors (Lipinski definition) is 1. The Bertz CT molecular complexity index is 265. The van der Waals surface area contributed by atoms with Crippen molar-refractivity contribution in [1.29, 1.82) is 0 Å². The monoisotopic (exact) mass is 288 g/mol.